The summed E-state index contributed by atoms with van der Waals surface area (Å²) in [4.78, 5) is 4.77. The van der Waals surface area contributed by atoms with E-state index in [0.717, 1.165) is 25.4 Å². The molecule has 2 heterocycles. The van der Waals surface area contributed by atoms with E-state index in [2.05, 4.69) is 5.32 Å². The number of ether oxygens (including phenoxy) is 1. The molecule has 2 unspecified atom stereocenters. The van der Waals surface area contributed by atoms with Crippen molar-refractivity contribution in [3.8, 4) is 0 Å². The summed E-state index contributed by atoms with van der Waals surface area (Å²) in [5.74, 6) is 1.73. The maximum atomic E-state index is 6.01. The molecular weight excluding hydrogens is 188 g/mol. The molecule has 3 rings (SSSR count). The van der Waals surface area contributed by atoms with E-state index in [1.807, 2.05) is 0 Å². The molecule has 3 heteroatoms. The molecule has 84 valence electrons. The highest BCUT2D eigenvalue weighted by molar-refractivity contribution is 5.80. The number of nitrogens with one attached hydrogen (secondary N) is 1. The minimum absolute atomic E-state index is 0.392. The average molecular weight is 208 g/mol. The van der Waals surface area contributed by atoms with E-state index in [-0.39, 0.29) is 0 Å². The number of nitrogens with zero attached hydrogens (tertiary/aromatic N) is 1. The minimum Gasteiger partial charge on any atom is -0.475 e. The molecule has 0 radical (unpaired) electrons. The Labute approximate surface area is 91.3 Å². The predicted molar refractivity (Wildman–Crippen MR) is 60.2 cm³/mol. The van der Waals surface area contributed by atoms with Gasteiger partial charge in [-0.2, -0.15) is 0 Å². The molecule has 1 aliphatic carbocycles. The van der Waals surface area contributed by atoms with Gasteiger partial charge in [-0.05, 0) is 25.8 Å². The second kappa shape index (κ2) is 4.12. The first-order valence-corrected chi connectivity index (χ1v) is 6.38. The first-order chi connectivity index (χ1) is 7.43. The standard InChI is InChI=1S/C12H20N2O/c1-2-4-9(5-3-1)12-14-10-8-13-7-6-11(10)15-12/h9-11,13H,1-8H2. The Morgan fingerprint density at radius 3 is 2.80 bits per heavy atom. The van der Waals surface area contributed by atoms with Crippen LogP contribution >= 0.6 is 0 Å². The Balaban J connectivity index is 1.66. The molecule has 3 aliphatic rings. The van der Waals surface area contributed by atoms with E-state index >= 15 is 0 Å². The van der Waals surface area contributed by atoms with Gasteiger partial charge in [-0.15, -0.1) is 0 Å². The summed E-state index contributed by atoms with van der Waals surface area (Å²) in [6, 6.07) is 0.413. The van der Waals surface area contributed by atoms with Crippen molar-refractivity contribution in [1.29, 1.82) is 0 Å². The maximum Gasteiger partial charge on any atom is 0.187 e. The molecule has 1 N–H and O–H groups in total. The van der Waals surface area contributed by atoms with E-state index in [4.69, 9.17) is 9.73 Å². The summed E-state index contributed by atoms with van der Waals surface area (Å²) in [6.45, 7) is 2.11. The SMILES string of the molecule is C1CCC(C2=NC3CNCCC3O2)CC1. The summed E-state index contributed by atoms with van der Waals surface area (Å²) in [5.41, 5.74) is 0. The molecule has 0 amide bonds. The van der Waals surface area contributed by atoms with Crippen molar-refractivity contribution >= 4 is 5.90 Å². The van der Waals surface area contributed by atoms with Gasteiger partial charge < -0.3 is 10.1 Å². The van der Waals surface area contributed by atoms with Gasteiger partial charge in [-0.3, -0.25) is 0 Å². The van der Waals surface area contributed by atoms with Crippen LogP contribution in [0.25, 0.3) is 0 Å². The smallest absolute Gasteiger partial charge is 0.187 e. The lowest BCUT2D eigenvalue weighted by atomic mass is 9.89. The lowest BCUT2D eigenvalue weighted by Gasteiger charge is -2.25. The Morgan fingerprint density at radius 2 is 2.00 bits per heavy atom. The van der Waals surface area contributed by atoms with Gasteiger partial charge in [0.1, 0.15) is 12.1 Å². The maximum absolute atomic E-state index is 6.01. The topological polar surface area (TPSA) is 33.6 Å². The predicted octanol–water partition coefficient (Wildman–Crippen LogP) is 1.73. The normalized spacial score (nSPS) is 36.9. The highest BCUT2D eigenvalue weighted by Gasteiger charge is 2.35. The fourth-order valence-electron chi connectivity index (χ4n) is 2.98. The molecular formula is C12H20N2O. The van der Waals surface area contributed by atoms with E-state index in [1.165, 1.54) is 32.1 Å². The minimum atomic E-state index is 0.392. The largest absolute Gasteiger partial charge is 0.475 e. The number of aliphatic imine (C=N–C) groups is 1. The summed E-state index contributed by atoms with van der Waals surface area (Å²) in [6.07, 6.45) is 8.24. The molecule has 0 spiro atoms. The van der Waals surface area contributed by atoms with Gasteiger partial charge in [0, 0.05) is 12.5 Å². The van der Waals surface area contributed by atoms with Crippen molar-refractivity contribution in [1.82, 2.24) is 5.32 Å². The van der Waals surface area contributed by atoms with Gasteiger partial charge in [-0.1, -0.05) is 19.3 Å². The molecule has 2 atom stereocenters. The van der Waals surface area contributed by atoms with Crippen LogP contribution in [0, 0.1) is 5.92 Å². The zero-order chi connectivity index (χ0) is 10.1. The Kier molecular flexibility index (Phi) is 2.65. The first-order valence-electron chi connectivity index (χ1n) is 6.38. The van der Waals surface area contributed by atoms with Crippen LogP contribution in [-0.4, -0.2) is 31.1 Å². The quantitative estimate of drug-likeness (QED) is 0.712. The lowest BCUT2D eigenvalue weighted by Crippen LogP contribution is -2.41. The van der Waals surface area contributed by atoms with Crippen LogP contribution in [0.1, 0.15) is 38.5 Å². The summed E-state index contributed by atoms with van der Waals surface area (Å²) >= 11 is 0. The second-order valence-corrected chi connectivity index (χ2v) is 5.02. The zero-order valence-electron chi connectivity index (χ0n) is 9.24. The zero-order valence-corrected chi connectivity index (χ0v) is 9.24. The van der Waals surface area contributed by atoms with Crippen LogP contribution in [-0.2, 0) is 4.74 Å². The highest BCUT2D eigenvalue weighted by atomic mass is 16.5. The van der Waals surface area contributed by atoms with Crippen LogP contribution in [0.15, 0.2) is 4.99 Å². The molecule has 0 aromatic heterocycles. The van der Waals surface area contributed by atoms with Crippen molar-refractivity contribution in [3.05, 3.63) is 0 Å². The van der Waals surface area contributed by atoms with Crippen molar-refractivity contribution in [2.75, 3.05) is 13.1 Å². The van der Waals surface area contributed by atoms with Gasteiger partial charge in [0.05, 0.1) is 0 Å². The van der Waals surface area contributed by atoms with E-state index in [9.17, 15) is 0 Å². The summed E-state index contributed by atoms with van der Waals surface area (Å²) < 4.78 is 6.01. The lowest BCUT2D eigenvalue weighted by molar-refractivity contribution is 0.148. The molecule has 15 heavy (non-hydrogen) atoms. The van der Waals surface area contributed by atoms with E-state index in [1.54, 1.807) is 0 Å². The summed E-state index contributed by atoms with van der Waals surface area (Å²) in [5, 5.41) is 3.39. The fraction of sp³-hybridized carbons (Fsp3) is 0.917. The molecule has 1 saturated heterocycles. The number of fused-ring (bicyclic) bond motifs is 1. The first kappa shape index (κ1) is 9.64. The van der Waals surface area contributed by atoms with E-state index in [0.29, 0.717) is 18.1 Å². The Hall–Kier alpha value is -0.570. The monoisotopic (exact) mass is 208 g/mol. The highest BCUT2D eigenvalue weighted by Crippen LogP contribution is 2.30. The third kappa shape index (κ3) is 1.89. The van der Waals surface area contributed by atoms with Gasteiger partial charge in [-0.25, -0.2) is 4.99 Å². The molecule has 2 fully saturated rings. The molecule has 3 nitrogen and oxygen atoms in total. The van der Waals surface area contributed by atoms with Crippen LogP contribution in [0.5, 0.6) is 0 Å². The van der Waals surface area contributed by atoms with Crippen molar-refractivity contribution in [3.63, 3.8) is 0 Å². The van der Waals surface area contributed by atoms with Crippen LogP contribution in [0.3, 0.4) is 0 Å². The molecule has 0 aromatic rings. The molecule has 0 aromatic carbocycles. The van der Waals surface area contributed by atoms with Gasteiger partial charge >= 0.3 is 0 Å². The van der Waals surface area contributed by atoms with Crippen molar-refractivity contribution in [2.45, 2.75) is 50.7 Å². The molecule has 1 saturated carbocycles. The van der Waals surface area contributed by atoms with Crippen LogP contribution < -0.4 is 5.32 Å². The number of piperidine rings is 1. The average Bonchev–Trinajstić information content (AvgIpc) is 2.74. The van der Waals surface area contributed by atoms with E-state index < -0.39 is 0 Å². The number of rotatable bonds is 1. The third-order valence-corrected chi connectivity index (χ3v) is 3.91. The third-order valence-electron chi connectivity index (χ3n) is 3.91. The molecule has 2 aliphatic heterocycles. The second-order valence-electron chi connectivity index (χ2n) is 5.02. The summed E-state index contributed by atoms with van der Waals surface area (Å²) in [7, 11) is 0. The van der Waals surface area contributed by atoms with Gasteiger partial charge in [0.2, 0.25) is 0 Å². The molecule has 0 bridgehead atoms. The van der Waals surface area contributed by atoms with Gasteiger partial charge in [0.15, 0.2) is 5.90 Å². The van der Waals surface area contributed by atoms with Crippen LogP contribution in [0.4, 0.5) is 0 Å². The van der Waals surface area contributed by atoms with Crippen LogP contribution in [0.2, 0.25) is 0 Å². The van der Waals surface area contributed by atoms with Crippen molar-refractivity contribution in [2.24, 2.45) is 10.9 Å². The number of hydrogen-bond acceptors (Lipinski definition) is 3. The Morgan fingerprint density at radius 1 is 1.13 bits per heavy atom. The van der Waals surface area contributed by atoms with Crippen molar-refractivity contribution < 1.29 is 4.74 Å². The Bertz CT molecular complexity index is 258. The number of hydrogen-bond donors (Lipinski definition) is 1. The van der Waals surface area contributed by atoms with Gasteiger partial charge in [0.25, 0.3) is 0 Å². The fourth-order valence-corrected chi connectivity index (χ4v) is 2.98.